The van der Waals surface area contributed by atoms with Gasteiger partial charge in [0.25, 0.3) is 0 Å². The van der Waals surface area contributed by atoms with Crippen molar-refractivity contribution < 1.29 is 9.59 Å². The Hall–Kier alpha value is -2.34. The third kappa shape index (κ3) is 3.44. The monoisotopic (exact) mass is 396 g/mol. The van der Waals surface area contributed by atoms with Crippen molar-refractivity contribution in [3.63, 3.8) is 0 Å². The minimum Gasteiger partial charge on any atom is -0.361 e. The van der Waals surface area contributed by atoms with Gasteiger partial charge in [0.15, 0.2) is 0 Å². The van der Waals surface area contributed by atoms with Gasteiger partial charge in [-0.2, -0.15) is 0 Å². The first-order valence-corrected chi connectivity index (χ1v) is 10.7. The molecule has 1 fully saturated rings. The highest BCUT2D eigenvalue weighted by Crippen LogP contribution is 2.44. The first-order chi connectivity index (χ1) is 13.8. The number of H-pyrrole nitrogens is 1. The first-order valence-electron chi connectivity index (χ1n) is 10.7. The minimum atomic E-state index is -0.288. The topological polar surface area (TPSA) is 68.4 Å². The van der Waals surface area contributed by atoms with Gasteiger partial charge >= 0.3 is 6.03 Å². The number of rotatable bonds is 3. The van der Waals surface area contributed by atoms with Crippen LogP contribution in [0.2, 0.25) is 0 Å². The summed E-state index contributed by atoms with van der Waals surface area (Å²) in [6.07, 6.45) is 3.92. The lowest BCUT2D eigenvalue weighted by molar-refractivity contribution is -0.136. The van der Waals surface area contributed by atoms with Crippen LogP contribution in [0.25, 0.3) is 10.9 Å². The van der Waals surface area contributed by atoms with Gasteiger partial charge in [-0.1, -0.05) is 12.1 Å². The molecule has 4 rings (SSSR count). The molecule has 2 N–H and O–H groups in total. The number of carbonyl (C=O) groups excluding carboxylic acids is 2. The van der Waals surface area contributed by atoms with E-state index in [0.29, 0.717) is 18.5 Å². The molecule has 0 radical (unpaired) electrons. The van der Waals surface area contributed by atoms with Crippen molar-refractivity contribution in [2.45, 2.75) is 64.6 Å². The highest BCUT2D eigenvalue weighted by molar-refractivity contribution is 5.96. The van der Waals surface area contributed by atoms with Gasteiger partial charge in [-0.15, -0.1) is 0 Å². The van der Waals surface area contributed by atoms with Crippen LogP contribution in [0.5, 0.6) is 0 Å². The maximum absolute atomic E-state index is 13.5. The third-order valence-electron chi connectivity index (χ3n) is 6.46. The number of hydrogen-bond donors (Lipinski definition) is 2. The number of likely N-dealkylation sites (N-methyl/N-ethyl adjacent to an activating group) is 1. The zero-order chi connectivity index (χ0) is 20.9. The first kappa shape index (κ1) is 20.0. The summed E-state index contributed by atoms with van der Waals surface area (Å²) in [7, 11) is 2.11. The molecule has 29 heavy (non-hydrogen) atoms. The van der Waals surface area contributed by atoms with Crippen molar-refractivity contribution in [2.75, 3.05) is 13.6 Å². The number of nitrogens with one attached hydrogen (secondary N) is 2. The predicted octanol–water partition coefficient (Wildman–Crippen LogP) is 3.48. The van der Waals surface area contributed by atoms with Crippen LogP contribution >= 0.6 is 0 Å². The Balaban J connectivity index is 1.63. The van der Waals surface area contributed by atoms with E-state index >= 15 is 0 Å². The van der Waals surface area contributed by atoms with Crippen molar-refractivity contribution >= 4 is 22.8 Å². The molecule has 1 saturated heterocycles. The average molecular weight is 397 g/mol. The molecular weight excluding hydrogens is 364 g/mol. The van der Waals surface area contributed by atoms with E-state index in [9.17, 15) is 9.59 Å². The minimum absolute atomic E-state index is 0.00193. The molecule has 6 heteroatoms. The Labute approximate surface area is 172 Å². The van der Waals surface area contributed by atoms with Crippen LogP contribution in [0.4, 0.5) is 4.79 Å². The van der Waals surface area contributed by atoms with Gasteiger partial charge in [0.05, 0.1) is 5.92 Å². The van der Waals surface area contributed by atoms with Crippen LogP contribution in [0.15, 0.2) is 24.4 Å². The molecule has 156 valence electrons. The van der Waals surface area contributed by atoms with Crippen LogP contribution in [0, 0.1) is 5.92 Å². The van der Waals surface area contributed by atoms with Gasteiger partial charge in [-0.05, 0) is 64.8 Å². The van der Waals surface area contributed by atoms with Crippen molar-refractivity contribution in [3.8, 4) is 0 Å². The Kier molecular flexibility index (Phi) is 5.15. The number of fused-ring (bicyclic) bond motifs is 2. The third-order valence-corrected chi connectivity index (χ3v) is 6.46. The van der Waals surface area contributed by atoms with Gasteiger partial charge in [0, 0.05) is 47.7 Å². The number of piperidine rings is 1. The lowest BCUT2D eigenvalue weighted by Gasteiger charge is -2.46. The zero-order valence-electron chi connectivity index (χ0n) is 18.0. The van der Waals surface area contributed by atoms with Crippen molar-refractivity contribution in [1.29, 1.82) is 0 Å². The second-order valence-electron chi connectivity index (χ2n) is 9.24. The summed E-state index contributed by atoms with van der Waals surface area (Å²) in [6.45, 7) is 8.32. The molecule has 3 atom stereocenters. The fourth-order valence-electron chi connectivity index (χ4n) is 5.22. The molecule has 0 spiro atoms. The van der Waals surface area contributed by atoms with Gasteiger partial charge in [0.2, 0.25) is 5.91 Å². The van der Waals surface area contributed by atoms with E-state index in [0.717, 1.165) is 12.8 Å². The van der Waals surface area contributed by atoms with Crippen molar-refractivity contribution in [1.82, 2.24) is 20.1 Å². The van der Waals surface area contributed by atoms with Crippen LogP contribution in [-0.2, 0) is 11.2 Å². The lowest BCUT2D eigenvalue weighted by Crippen LogP contribution is -2.56. The van der Waals surface area contributed by atoms with E-state index < -0.39 is 0 Å². The van der Waals surface area contributed by atoms with E-state index in [-0.39, 0.29) is 29.9 Å². The molecule has 1 unspecified atom stereocenters. The highest BCUT2D eigenvalue weighted by atomic mass is 16.2. The molecule has 0 bridgehead atoms. The maximum atomic E-state index is 13.5. The number of aromatic nitrogens is 1. The molecule has 1 aromatic carbocycles. The molecular formula is C23H32N4O2. The quantitative estimate of drug-likeness (QED) is 0.835. The second kappa shape index (κ2) is 7.48. The number of amides is 3. The van der Waals surface area contributed by atoms with Gasteiger partial charge in [0.1, 0.15) is 0 Å². The standard InChI is InChI=1S/C23H32N4O2/c1-13(2)25-23(29)27(14(3)4)22(28)16-9-18-17-7-6-8-19-21(17)15(11-24-19)10-20(18)26(5)12-16/h6-8,11,13-14,16,18,20,24H,9-10,12H2,1-5H3,(H,25,29)/t16?,18-,20-/m1/s1. The van der Waals surface area contributed by atoms with Gasteiger partial charge in [-0.25, -0.2) is 4.79 Å². The Morgan fingerprint density at radius 1 is 1.24 bits per heavy atom. The number of urea groups is 1. The van der Waals surface area contributed by atoms with Gasteiger partial charge in [-0.3, -0.25) is 9.69 Å². The van der Waals surface area contributed by atoms with Crippen LogP contribution in [0.1, 0.15) is 51.2 Å². The molecule has 2 heterocycles. The average Bonchev–Trinajstić information content (AvgIpc) is 3.06. The summed E-state index contributed by atoms with van der Waals surface area (Å²) in [4.78, 5) is 33.3. The van der Waals surface area contributed by atoms with E-state index in [2.05, 4.69) is 46.6 Å². The Morgan fingerprint density at radius 3 is 2.69 bits per heavy atom. The van der Waals surface area contributed by atoms with Gasteiger partial charge < -0.3 is 15.2 Å². The normalized spacial score (nSPS) is 24.0. The summed E-state index contributed by atoms with van der Waals surface area (Å²) in [5.41, 5.74) is 3.88. The van der Waals surface area contributed by atoms with Crippen molar-refractivity contribution in [2.24, 2.45) is 5.92 Å². The number of benzene rings is 1. The second-order valence-corrected chi connectivity index (χ2v) is 9.24. The number of imide groups is 1. The van der Waals surface area contributed by atoms with E-state index in [1.807, 2.05) is 27.7 Å². The fourth-order valence-corrected chi connectivity index (χ4v) is 5.22. The number of nitrogens with zero attached hydrogens (tertiary/aromatic N) is 2. The SMILES string of the molecule is CC(C)NC(=O)N(C(=O)C1C[C@@H]2c3cccc4[nH]cc(c34)C[C@H]2N(C)C1)C(C)C. The Bertz CT molecular complexity index is 932. The molecule has 2 aromatic rings. The molecule has 1 aliphatic heterocycles. The summed E-state index contributed by atoms with van der Waals surface area (Å²) in [5.74, 6) is 0.0599. The lowest BCUT2D eigenvalue weighted by atomic mass is 9.72. The molecule has 0 saturated carbocycles. The van der Waals surface area contributed by atoms with E-state index in [1.54, 1.807) is 0 Å². The summed E-state index contributed by atoms with van der Waals surface area (Å²) in [6, 6.07) is 6.36. The van der Waals surface area contributed by atoms with Crippen LogP contribution in [0.3, 0.4) is 0 Å². The predicted molar refractivity (Wildman–Crippen MR) is 115 cm³/mol. The molecule has 1 aromatic heterocycles. The fraction of sp³-hybridized carbons (Fsp3) is 0.565. The maximum Gasteiger partial charge on any atom is 0.324 e. The largest absolute Gasteiger partial charge is 0.361 e. The number of hydrogen-bond acceptors (Lipinski definition) is 3. The molecule has 2 aliphatic rings. The zero-order valence-corrected chi connectivity index (χ0v) is 18.0. The number of likely N-dealkylation sites (tertiary alicyclic amines) is 1. The molecule has 1 aliphatic carbocycles. The summed E-state index contributed by atoms with van der Waals surface area (Å²) in [5, 5.41) is 4.21. The smallest absolute Gasteiger partial charge is 0.324 e. The highest BCUT2D eigenvalue weighted by Gasteiger charge is 2.43. The van der Waals surface area contributed by atoms with Crippen LogP contribution in [-0.4, -0.2) is 58.4 Å². The van der Waals surface area contributed by atoms with E-state index in [1.165, 1.54) is 26.9 Å². The number of carbonyl (C=O) groups is 2. The van der Waals surface area contributed by atoms with E-state index in [4.69, 9.17) is 0 Å². The number of aromatic amines is 1. The van der Waals surface area contributed by atoms with Crippen molar-refractivity contribution in [3.05, 3.63) is 35.5 Å². The summed E-state index contributed by atoms with van der Waals surface area (Å²) < 4.78 is 0. The molecule has 6 nitrogen and oxygen atoms in total. The summed E-state index contributed by atoms with van der Waals surface area (Å²) >= 11 is 0. The molecule has 3 amide bonds. The Morgan fingerprint density at radius 2 is 2.00 bits per heavy atom. The van der Waals surface area contributed by atoms with Crippen LogP contribution < -0.4 is 5.32 Å².